The molecule has 1 atom stereocenters. The predicted molar refractivity (Wildman–Crippen MR) is 80.4 cm³/mol. The second-order valence-electron chi connectivity index (χ2n) is 5.57. The van der Waals surface area contributed by atoms with E-state index in [1.54, 1.807) is 6.20 Å². The highest BCUT2D eigenvalue weighted by Crippen LogP contribution is 2.27. The van der Waals surface area contributed by atoms with Gasteiger partial charge in [0.1, 0.15) is 6.61 Å². The number of carbonyl (C=O) groups excluding carboxylic acids is 2. The molecule has 0 bridgehead atoms. The van der Waals surface area contributed by atoms with E-state index in [0.29, 0.717) is 24.8 Å². The van der Waals surface area contributed by atoms with Crippen molar-refractivity contribution in [2.75, 3.05) is 14.1 Å². The van der Waals surface area contributed by atoms with E-state index >= 15 is 0 Å². The molecule has 1 aliphatic carbocycles. The Kier molecular flexibility index (Phi) is 5.14. The molecule has 2 rings (SSSR count). The first kappa shape index (κ1) is 15.3. The second-order valence-corrected chi connectivity index (χ2v) is 5.57. The van der Waals surface area contributed by atoms with Crippen molar-refractivity contribution in [3.05, 3.63) is 47.7 Å². The van der Waals surface area contributed by atoms with Crippen LogP contribution in [0.2, 0.25) is 0 Å². The number of hydrogen-bond donors (Lipinski definition) is 0. The molecule has 0 N–H and O–H groups in total. The minimum atomic E-state index is -0.212. The van der Waals surface area contributed by atoms with Crippen LogP contribution in [0, 0.1) is 5.92 Å². The van der Waals surface area contributed by atoms with Gasteiger partial charge in [-0.15, -0.1) is 0 Å². The maximum Gasteiger partial charge on any atom is 0.309 e. The zero-order chi connectivity index (χ0) is 15.2. The Hall–Kier alpha value is -2.10. The van der Waals surface area contributed by atoms with Crippen molar-refractivity contribution < 1.29 is 14.3 Å². The SMILES string of the molecule is CN(C)C=C1CC(C(=O)OCc2ccccc2)CCC1=O. The summed E-state index contributed by atoms with van der Waals surface area (Å²) in [5, 5.41) is 0. The highest BCUT2D eigenvalue weighted by molar-refractivity contribution is 5.97. The van der Waals surface area contributed by atoms with Gasteiger partial charge in [0.15, 0.2) is 5.78 Å². The number of hydrogen-bond acceptors (Lipinski definition) is 4. The standard InChI is InChI=1S/C17H21NO3/c1-18(2)11-15-10-14(8-9-16(15)19)17(20)21-12-13-6-4-3-5-7-13/h3-7,11,14H,8-10,12H2,1-2H3. The van der Waals surface area contributed by atoms with Gasteiger partial charge in [-0.2, -0.15) is 0 Å². The van der Waals surface area contributed by atoms with E-state index in [9.17, 15) is 9.59 Å². The zero-order valence-electron chi connectivity index (χ0n) is 12.5. The third-order valence-corrected chi connectivity index (χ3v) is 3.52. The molecule has 4 heteroatoms. The van der Waals surface area contributed by atoms with Crippen LogP contribution in [0.1, 0.15) is 24.8 Å². The van der Waals surface area contributed by atoms with E-state index in [-0.39, 0.29) is 24.3 Å². The third-order valence-electron chi connectivity index (χ3n) is 3.52. The van der Waals surface area contributed by atoms with E-state index in [4.69, 9.17) is 4.74 Å². The van der Waals surface area contributed by atoms with Gasteiger partial charge in [0.25, 0.3) is 0 Å². The lowest BCUT2D eigenvalue weighted by atomic mass is 9.85. The number of nitrogens with zero attached hydrogens (tertiary/aromatic N) is 1. The van der Waals surface area contributed by atoms with Crippen LogP contribution in [0.25, 0.3) is 0 Å². The molecule has 1 aromatic rings. The third kappa shape index (κ3) is 4.45. The van der Waals surface area contributed by atoms with Crippen molar-refractivity contribution >= 4 is 11.8 Å². The highest BCUT2D eigenvalue weighted by Gasteiger charge is 2.29. The van der Waals surface area contributed by atoms with E-state index in [1.165, 1.54) is 0 Å². The fraction of sp³-hybridized carbons (Fsp3) is 0.412. The Balaban J connectivity index is 1.92. The lowest BCUT2D eigenvalue weighted by molar-refractivity contribution is -0.150. The number of esters is 1. The molecule has 0 aliphatic heterocycles. The van der Waals surface area contributed by atoms with Crippen LogP contribution in [0.3, 0.4) is 0 Å². The number of ketones is 1. The van der Waals surface area contributed by atoms with Crippen LogP contribution in [-0.2, 0) is 20.9 Å². The van der Waals surface area contributed by atoms with E-state index in [0.717, 1.165) is 5.56 Å². The normalized spacial score (nSPS) is 20.4. The molecule has 1 saturated carbocycles. The first-order valence-electron chi connectivity index (χ1n) is 7.17. The van der Waals surface area contributed by atoms with Crippen molar-refractivity contribution in [1.82, 2.24) is 4.90 Å². The summed E-state index contributed by atoms with van der Waals surface area (Å²) in [4.78, 5) is 25.8. The number of carbonyl (C=O) groups is 2. The van der Waals surface area contributed by atoms with Crippen molar-refractivity contribution in [3.8, 4) is 0 Å². The smallest absolute Gasteiger partial charge is 0.309 e. The number of benzene rings is 1. The monoisotopic (exact) mass is 287 g/mol. The van der Waals surface area contributed by atoms with Gasteiger partial charge in [-0.3, -0.25) is 9.59 Å². The molecule has 0 radical (unpaired) electrons. The Labute approximate surface area is 125 Å². The number of Topliss-reactive ketones (excluding diaryl/α,β-unsaturated/α-hetero) is 1. The lowest BCUT2D eigenvalue weighted by Gasteiger charge is -2.23. The first-order valence-corrected chi connectivity index (χ1v) is 7.17. The Morgan fingerprint density at radius 2 is 2.05 bits per heavy atom. The Morgan fingerprint density at radius 1 is 1.33 bits per heavy atom. The second kappa shape index (κ2) is 7.07. The van der Waals surface area contributed by atoms with Crippen LogP contribution in [0.4, 0.5) is 0 Å². The van der Waals surface area contributed by atoms with Gasteiger partial charge in [0, 0.05) is 32.3 Å². The molecular formula is C17H21NO3. The van der Waals surface area contributed by atoms with Gasteiger partial charge in [-0.05, 0) is 18.4 Å². The summed E-state index contributed by atoms with van der Waals surface area (Å²) < 4.78 is 5.37. The molecule has 112 valence electrons. The molecule has 0 amide bonds. The molecule has 1 aromatic carbocycles. The fourth-order valence-electron chi connectivity index (χ4n) is 2.43. The van der Waals surface area contributed by atoms with E-state index in [2.05, 4.69) is 0 Å². The van der Waals surface area contributed by atoms with Gasteiger partial charge in [-0.1, -0.05) is 30.3 Å². The van der Waals surface area contributed by atoms with Gasteiger partial charge in [0.2, 0.25) is 0 Å². The van der Waals surface area contributed by atoms with Gasteiger partial charge in [-0.25, -0.2) is 0 Å². The fourth-order valence-corrected chi connectivity index (χ4v) is 2.43. The van der Waals surface area contributed by atoms with Crippen LogP contribution in [0.5, 0.6) is 0 Å². The topological polar surface area (TPSA) is 46.6 Å². The largest absolute Gasteiger partial charge is 0.461 e. The number of allylic oxidation sites excluding steroid dienone is 1. The highest BCUT2D eigenvalue weighted by atomic mass is 16.5. The molecule has 1 aliphatic rings. The molecule has 0 heterocycles. The van der Waals surface area contributed by atoms with Crippen molar-refractivity contribution in [1.29, 1.82) is 0 Å². The van der Waals surface area contributed by atoms with Crippen molar-refractivity contribution in [2.24, 2.45) is 5.92 Å². The summed E-state index contributed by atoms with van der Waals surface area (Å²) in [5.41, 5.74) is 1.69. The summed E-state index contributed by atoms with van der Waals surface area (Å²) in [5.74, 6) is -0.288. The van der Waals surface area contributed by atoms with Crippen LogP contribution >= 0.6 is 0 Å². The number of ether oxygens (including phenoxy) is 1. The molecule has 1 fully saturated rings. The molecule has 4 nitrogen and oxygen atoms in total. The maximum absolute atomic E-state index is 12.1. The molecular weight excluding hydrogens is 266 g/mol. The van der Waals surface area contributed by atoms with E-state index in [1.807, 2.05) is 49.3 Å². The molecule has 21 heavy (non-hydrogen) atoms. The summed E-state index contributed by atoms with van der Waals surface area (Å²) in [6.07, 6.45) is 3.28. The van der Waals surface area contributed by atoms with Crippen LogP contribution in [0.15, 0.2) is 42.1 Å². The number of rotatable bonds is 4. The predicted octanol–water partition coefficient (Wildman–Crippen LogP) is 2.54. The van der Waals surface area contributed by atoms with Crippen LogP contribution in [-0.4, -0.2) is 30.7 Å². The molecule has 1 unspecified atom stereocenters. The molecule has 0 saturated heterocycles. The minimum Gasteiger partial charge on any atom is -0.461 e. The maximum atomic E-state index is 12.1. The lowest BCUT2D eigenvalue weighted by Crippen LogP contribution is -2.26. The summed E-state index contributed by atoms with van der Waals surface area (Å²) in [7, 11) is 3.75. The van der Waals surface area contributed by atoms with Gasteiger partial charge < -0.3 is 9.64 Å². The summed E-state index contributed by atoms with van der Waals surface area (Å²) in [6.45, 7) is 0.289. The van der Waals surface area contributed by atoms with E-state index < -0.39 is 0 Å². The molecule has 0 aromatic heterocycles. The van der Waals surface area contributed by atoms with Gasteiger partial charge in [0.05, 0.1) is 5.92 Å². The minimum absolute atomic E-state index is 0.135. The summed E-state index contributed by atoms with van der Waals surface area (Å²) >= 11 is 0. The van der Waals surface area contributed by atoms with Crippen molar-refractivity contribution in [3.63, 3.8) is 0 Å². The first-order chi connectivity index (χ1) is 10.1. The Bertz CT molecular complexity index is 534. The molecule has 0 spiro atoms. The summed E-state index contributed by atoms with van der Waals surface area (Å²) in [6, 6.07) is 9.61. The van der Waals surface area contributed by atoms with Crippen LogP contribution < -0.4 is 0 Å². The quantitative estimate of drug-likeness (QED) is 0.630. The Morgan fingerprint density at radius 3 is 2.71 bits per heavy atom. The average Bonchev–Trinajstić information content (AvgIpc) is 2.47. The van der Waals surface area contributed by atoms with Crippen molar-refractivity contribution in [2.45, 2.75) is 25.9 Å². The average molecular weight is 287 g/mol. The van der Waals surface area contributed by atoms with Gasteiger partial charge >= 0.3 is 5.97 Å². The zero-order valence-corrected chi connectivity index (χ0v) is 12.5.